The van der Waals surface area contributed by atoms with Gasteiger partial charge < -0.3 is 15.6 Å². The number of pyridine rings is 2. The largest absolute Gasteiger partial charge is 0.396 e. The zero-order valence-electron chi connectivity index (χ0n) is 16.5. The molecule has 1 aliphatic rings. The summed E-state index contributed by atoms with van der Waals surface area (Å²) in [6.07, 6.45) is 7.18. The molecule has 0 atom stereocenters. The fourth-order valence-electron chi connectivity index (χ4n) is 3.95. The minimum absolute atomic E-state index is 0.120. The summed E-state index contributed by atoms with van der Waals surface area (Å²) in [4.78, 5) is 27.0. The van der Waals surface area contributed by atoms with Gasteiger partial charge in [0.2, 0.25) is 5.78 Å². The van der Waals surface area contributed by atoms with Crippen molar-refractivity contribution in [2.45, 2.75) is 12.8 Å². The summed E-state index contributed by atoms with van der Waals surface area (Å²) in [6.45, 7) is 2.01. The number of nitrogen functional groups attached to an aromatic ring is 1. The number of halogens is 2. The van der Waals surface area contributed by atoms with E-state index < -0.39 is 23.0 Å². The molecule has 3 aromatic heterocycles. The molecule has 3 N–H and O–H groups in total. The number of aromatic nitrogens is 3. The van der Waals surface area contributed by atoms with Crippen LogP contribution >= 0.6 is 0 Å². The van der Waals surface area contributed by atoms with E-state index in [0.29, 0.717) is 11.0 Å². The standard InChI is InChI=1S/C23H19F2N5O/c24-17-4-5-18(26)21(25)20(17)22(31)16-12-29-23-15(16)9-14(11-28-23)13-3-6-19(27-10-13)30-7-1-2-8-30/h3-6,9-12H,1-2,7-8,26H2,(H,28,29). The van der Waals surface area contributed by atoms with E-state index >= 15 is 0 Å². The van der Waals surface area contributed by atoms with Gasteiger partial charge in [-0.25, -0.2) is 18.7 Å². The first-order valence-corrected chi connectivity index (χ1v) is 9.99. The van der Waals surface area contributed by atoms with E-state index in [-0.39, 0.29) is 11.3 Å². The topological polar surface area (TPSA) is 87.9 Å². The molecule has 0 amide bonds. The number of rotatable bonds is 4. The fraction of sp³-hybridized carbons (Fsp3) is 0.174. The quantitative estimate of drug-likeness (QED) is 0.380. The Labute approximate surface area is 176 Å². The summed E-state index contributed by atoms with van der Waals surface area (Å²) >= 11 is 0. The minimum Gasteiger partial charge on any atom is -0.396 e. The van der Waals surface area contributed by atoms with Crippen molar-refractivity contribution in [3.63, 3.8) is 0 Å². The zero-order chi connectivity index (χ0) is 21.5. The van der Waals surface area contributed by atoms with E-state index in [4.69, 9.17) is 5.73 Å². The van der Waals surface area contributed by atoms with Crippen molar-refractivity contribution in [1.82, 2.24) is 15.0 Å². The van der Waals surface area contributed by atoms with Gasteiger partial charge in [0.05, 0.1) is 11.3 Å². The van der Waals surface area contributed by atoms with Gasteiger partial charge in [0, 0.05) is 53.8 Å². The number of benzene rings is 1. The third-order valence-electron chi connectivity index (χ3n) is 5.64. The number of ketones is 1. The fourth-order valence-corrected chi connectivity index (χ4v) is 3.95. The highest BCUT2D eigenvalue weighted by Gasteiger charge is 2.24. The SMILES string of the molecule is Nc1ccc(F)c(C(=O)c2c[nH]c3ncc(-c4ccc(N5CCCC5)nc4)cc23)c1F. The third kappa shape index (κ3) is 3.30. The van der Waals surface area contributed by atoms with Crippen LogP contribution in [0.2, 0.25) is 0 Å². The van der Waals surface area contributed by atoms with Crippen molar-refractivity contribution in [3.05, 3.63) is 71.7 Å². The maximum absolute atomic E-state index is 14.4. The molecular weight excluding hydrogens is 400 g/mol. The Balaban J connectivity index is 1.53. The number of nitrogens with two attached hydrogens (primary N) is 1. The van der Waals surface area contributed by atoms with E-state index in [9.17, 15) is 13.6 Å². The highest BCUT2D eigenvalue weighted by Crippen LogP contribution is 2.29. The van der Waals surface area contributed by atoms with Gasteiger partial charge in [0.1, 0.15) is 17.3 Å². The Bertz CT molecular complexity index is 1290. The van der Waals surface area contributed by atoms with Crippen molar-refractivity contribution in [3.8, 4) is 11.1 Å². The molecule has 156 valence electrons. The lowest BCUT2D eigenvalue weighted by molar-refractivity contribution is 0.103. The summed E-state index contributed by atoms with van der Waals surface area (Å²) < 4.78 is 28.6. The first-order valence-electron chi connectivity index (χ1n) is 9.99. The summed E-state index contributed by atoms with van der Waals surface area (Å²) in [7, 11) is 0. The molecule has 4 heterocycles. The van der Waals surface area contributed by atoms with Gasteiger partial charge >= 0.3 is 0 Å². The molecule has 0 unspecified atom stereocenters. The number of H-pyrrole nitrogens is 1. The Morgan fingerprint density at radius 3 is 2.55 bits per heavy atom. The van der Waals surface area contributed by atoms with Crippen LogP contribution in [0, 0.1) is 11.6 Å². The van der Waals surface area contributed by atoms with Crippen LogP contribution in [0.5, 0.6) is 0 Å². The lowest BCUT2D eigenvalue weighted by Crippen LogP contribution is -2.18. The number of nitrogens with zero attached hydrogens (tertiary/aromatic N) is 3. The van der Waals surface area contributed by atoms with Crippen LogP contribution < -0.4 is 10.6 Å². The van der Waals surface area contributed by atoms with Crippen LogP contribution in [0.3, 0.4) is 0 Å². The van der Waals surface area contributed by atoms with Gasteiger partial charge in [0.25, 0.3) is 0 Å². The first kappa shape index (κ1) is 19.2. The van der Waals surface area contributed by atoms with Crippen molar-refractivity contribution in [1.29, 1.82) is 0 Å². The number of fused-ring (bicyclic) bond motifs is 1. The predicted octanol–water partition coefficient (Wildman–Crippen LogP) is 4.32. The smallest absolute Gasteiger partial charge is 0.201 e. The Morgan fingerprint density at radius 1 is 1.03 bits per heavy atom. The highest BCUT2D eigenvalue weighted by molar-refractivity contribution is 6.16. The summed E-state index contributed by atoms with van der Waals surface area (Å²) in [6, 6.07) is 7.76. The molecule has 31 heavy (non-hydrogen) atoms. The van der Waals surface area contributed by atoms with Crippen LogP contribution in [-0.4, -0.2) is 33.8 Å². The van der Waals surface area contributed by atoms with Crippen LogP contribution in [0.4, 0.5) is 20.3 Å². The van der Waals surface area contributed by atoms with Crippen LogP contribution in [-0.2, 0) is 0 Å². The van der Waals surface area contributed by atoms with Crippen LogP contribution in [0.15, 0.2) is 48.9 Å². The summed E-state index contributed by atoms with van der Waals surface area (Å²) in [5.74, 6) is -1.89. The van der Waals surface area contributed by atoms with Gasteiger partial charge in [-0.05, 0) is 43.2 Å². The maximum Gasteiger partial charge on any atom is 0.201 e. The Morgan fingerprint density at radius 2 is 1.81 bits per heavy atom. The van der Waals surface area contributed by atoms with E-state index in [1.807, 2.05) is 12.1 Å². The molecule has 1 fully saturated rings. The molecule has 8 heteroatoms. The van der Waals surface area contributed by atoms with Crippen molar-refractivity contribution >= 4 is 28.3 Å². The number of hydrogen-bond donors (Lipinski definition) is 2. The number of hydrogen-bond acceptors (Lipinski definition) is 5. The lowest BCUT2D eigenvalue weighted by Gasteiger charge is -2.16. The minimum atomic E-state index is -1.06. The maximum atomic E-state index is 14.4. The van der Waals surface area contributed by atoms with Gasteiger partial charge in [-0.15, -0.1) is 0 Å². The average Bonchev–Trinajstić information content (AvgIpc) is 3.46. The molecule has 1 aromatic carbocycles. The van der Waals surface area contributed by atoms with Crippen molar-refractivity contribution in [2.75, 3.05) is 23.7 Å². The molecule has 6 nitrogen and oxygen atoms in total. The highest BCUT2D eigenvalue weighted by atomic mass is 19.1. The predicted molar refractivity (Wildman–Crippen MR) is 115 cm³/mol. The van der Waals surface area contributed by atoms with Gasteiger partial charge in [-0.3, -0.25) is 4.79 Å². The number of carbonyl (C=O) groups is 1. The molecule has 0 aliphatic carbocycles. The average molecular weight is 419 g/mol. The molecule has 0 saturated carbocycles. The zero-order valence-corrected chi connectivity index (χ0v) is 16.5. The number of nitrogens with one attached hydrogen (secondary N) is 1. The first-order chi connectivity index (χ1) is 15.0. The van der Waals surface area contributed by atoms with Gasteiger partial charge in [0.15, 0.2) is 5.82 Å². The van der Waals surface area contributed by atoms with E-state index in [1.54, 1.807) is 18.5 Å². The van der Waals surface area contributed by atoms with Crippen LogP contribution in [0.25, 0.3) is 22.2 Å². The second-order valence-electron chi connectivity index (χ2n) is 7.58. The van der Waals surface area contributed by atoms with Crippen molar-refractivity contribution in [2.24, 2.45) is 0 Å². The normalized spacial score (nSPS) is 13.8. The van der Waals surface area contributed by atoms with Crippen LogP contribution in [0.1, 0.15) is 28.8 Å². The van der Waals surface area contributed by atoms with E-state index in [2.05, 4.69) is 19.9 Å². The Hall–Kier alpha value is -3.81. The molecule has 0 bridgehead atoms. The second-order valence-corrected chi connectivity index (χ2v) is 7.58. The molecule has 0 radical (unpaired) electrons. The van der Waals surface area contributed by atoms with E-state index in [1.165, 1.54) is 19.0 Å². The molecule has 1 aliphatic heterocycles. The molecule has 4 aromatic rings. The summed E-state index contributed by atoms with van der Waals surface area (Å²) in [5, 5.41) is 0.465. The Kier molecular flexibility index (Phi) is 4.62. The monoisotopic (exact) mass is 419 g/mol. The third-order valence-corrected chi connectivity index (χ3v) is 5.64. The molecule has 5 rings (SSSR count). The number of anilines is 2. The van der Waals surface area contributed by atoms with Crippen molar-refractivity contribution < 1.29 is 13.6 Å². The molecule has 1 saturated heterocycles. The number of aromatic amines is 1. The lowest BCUT2D eigenvalue weighted by atomic mass is 10.00. The molecule has 0 spiro atoms. The molecular formula is C23H19F2N5O. The van der Waals surface area contributed by atoms with Gasteiger partial charge in [-0.2, -0.15) is 0 Å². The van der Waals surface area contributed by atoms with E-state index in [0.717, 1.165) is 42.2 Å². The van der Waals surface area contributed by atoms with Gasteiger partial charge in [-0.1, -0.05) is 0 Å². The summed E-state index contributed by atoms with van der Waals surface area (Å²) in [5.41, 5.74) is 6.70. The second kappa shape index (κ2) is 7.46. The number of carbonyl (C=O) groups excluding carboxylic acids is 1.